The molecule has 0 saturated heterocycles. The van der Waals surface area contributed by atoms with E-state index >= 15 is 0 Å². The summed E-state index contributed by atoms with van der Waals surface area (Å²) < 4.78 is 23.4. The summed E-state index contributed by atoms with van der Waals surface area (Å²) in [5, 5.41) is 0. The Kier molecular flexibility index (Phi) is 8.28. The summed E-state index contributed by atoms with van der Waals surface area (Å²) >= 11 is 0. The van der Waals surface area contributed by atoms with Gasteiger partial charge in [-0.05, 0) is 57.7 Å². The molecule has 0 aromatic heterocycles. The summed E-state index contributed by atoms with van der Waals surface area (Å²) in [6.45, 7) is 5.36. The topological polar surface area (TPSA) is 37.4 Å². The van der Waals surface area contributed by atoms with Crippen LogP contribution in [0.2, 0.25) is 0 Å². The third kappa shape index (κ3) is 7.25. The molecular formula is C20H35NO2S. The largest absolute Gasteiger partial charge is 0.378 e. The van der Waals surface area contributed by atoms with Gasteiger partial charge in [-0.1, -0.05) is 37.8 Å². The highest BCUT2D eigenvalue weighted by Gasteiger charge is 2.27. The predicted molar refractivity (Wildman–Crippen MR) is 106 cm³/mol. The molecule has 4 heteroatoms. The number of unbranched alkanes of at least 4 members (excludes halogenated alkanes) is 5. The van der Waals surface area contributed by atoms with Gasteiger partial charge in [0.05, 0.1) is 10.5 Å². The first-order valence-electron chi connectivity index (χ1n) is 9.12. The van der Waals surface area contributed by atoms with Gasteiger partial charge in [0.1, 0.15) is 0 Å². The molecule has 0 aliphatic carbocycles. The summed E-state index contributed by atoms with van der Waals surface area (Å²) in [5.41, 5.74) is 2.64. The quantitative estimate of drug-likeness (QED) is 0.564. The molecule has 0 atom stereocenters. The normalized spacial score (nSPS) is 12.4. The Morgan fingerprint density at radius 3 is 1.83 bits per heavy atom. The van der Waals surface area contributed by atoms with Gasteiger partial charge in [0.15, 0.2) is 9.84 Å². The van der Waals surface area contributed by atoms with E-state index in [1.165, 1.54) is 30.5 Å². The van der Waals surface area contributed by atoms with Crippen LogP contribution in [-0.4, -0.2) is 33.0 Å². The van der Waals surface area contributed by atoms with Crippen molar-refractivity contribution >= 4 is 15.5 Å². The number of benzene rings is 1. The van der Waals surface area contributed by atoms with Crippen molar-refractivity contribution in [3.05, 3.63) is 29.8 Å². The summed E-state index contributed by atoms with van der Waals surface area (Å²) in [6, 6.07) is 8.77. The Balaban J connectivity index is 2.11. The molecule has 138 valence electrons. The van der Waals surface area contributed by atoms with Gasteiger partial charge in [0, 0.05) is 19.8 Å². The maximum Gasteiger partial charge on any atom is 0.155 e. The first kappa shape index (κ1) is 21.0. The van der Waals surface area contributed by atoms with Gasteiger partial charge in [-0.2, -0.15) is 0 Å². The highest BCUT2D eigenvalue weighted by Crippen LogP contribution is 2.18. The fourth-order valence-corrected chi connectivity index (χ4v) is 3.79. The number of hydrogen-bond acceptors (Lipinski definition) is 3. The molecule has 1 aromatic rings. The van der Waals surface area contributed by atoms with E-state index in [-0.39, 0.29) is 0 Å². The molecule has 0 fully saturated rings. The van der Waals surface area contributed by atoms with Crippen molar-refractivity contribution in [3.8, 4) is 0 Å². The Morgan fingerprint density at radius 1 is 0.833 bits per heavy atom. The van der Waals surface area contributed by atoms with Gasteiger partial charge in [-0.3, -0.25) is 0 Å². The summed E-state index contributed by atoms with van der Waals surface area (Å²) in [7, 11) is 1.17. The van der Waals surface area contributed by atoms with Crippen LogP contribution in [0, 0.1) is 0 Å². The molecule has 0 N–H and O–H groups in total. The van der Waals surface area contributed by atoms with E-state index in [0.29, 0.717) is 5.75 Å². The number of nitrogens with zero attached hydrogens (tertiary/aromatic N) is 1. The van der Waals surface area contributed by atoms with Crippen LogP contribution in [0.25, 0.3) is 0 Å². The molecule has 0 aliphatic heterocycles. The van der Waals surface area contributed by atoms with Gasteiger partial charge >= 0.3 is 0 Å². The molecule has 0 spiro atoms. The average Bonchev–Trinajstić information content (AvgIpc) is 2.49. The molecule has 0 unspecified atom stereocenters. The molecular weight excluding hydrogens is 318 g/mol. The van der Waals surface area contributed by atoms with Crippen LogP contribution < -0.4 is 4.90 Å². The second-order valence-corrected chi connectivity index (χ2v) is 10.7. The minimum Gasteiger partial charge on any atom is -0.378 e. The smallest absolute Gasteiger partial charge is 0.155 e. The fraction of sp³-hybridized carbons (Fsp3) is 0.700. The lowest BCUT2D eigenvalue weighted by atomic mass is 10.0. The summed E-state index contributed by atoms with van der Waals surface area (Å²) in [4.78, 5) is 2.11. The van der Waals surface area contributed by atoms with Crippen molar-refractivity contribution in [2.45, 2.75) is 70.5 Å². The van der Waals surface area contributed by atoms with Crippen LogP contribution in [-0.2, 0) is 16.3 Å². The zero-order chi connectivity index (χ0) is 18.2. The van der Waals surface area contributed by atoms with Crippen LogP contribution in [0.1, 0.15) is 64.9 Å². The van der Waals surface area contributed by atoms with E-state index in [2.05, 4.69) is 43.3 Å². The maximum atomic E-state index is 12.0. The predicted octanol–water partition coefficient (Wildman–Crippen LogP) is 4.85. The Hall–Kier alpha value is -1.03. The van der Waals surface area contributed by atoms with Crippen molar-refractivity contribution < 1.29 is 8.42 Å². The highest BCUT2D eigenvalue weighted by molar-refractivity contribution is 7.92. The molecule has 0 aliphatic rings. The van der Waals surface area contributed by atoms with E-state index in [1.54, 1.807) is 20.8 Å². The number of sulfone groups is 1. The van der Waals surface area contributed by atoms with E-state index in [9.17, 15) is 8.42 Å². The Bertz CT molecular complexity index is 569. The van der Waals surface area contributed by atoms with E-state index in [1.807, 2.05) is 0 Å². The lowest BCUT2D eigenvalue weighted by molar-refractivity contribution is 0.551. The summed E-state index contributed by atoms with van der Waals surface area (Å²) in [6.07, 6.45) is 7.72. The second kappa shape index (κ2) is 9.45. The minimum absolute atomic E-state index is 0.328. The average molecular weight is 354 g/mol. The monoisotopic (exact) mass is 353 g/mol. The molecule has 1 rings (SSSR count). The molecule has 1 aromatic carbocycles. The summed E-state index contributed by atoms with van der Waals surface area (Å²) in [5.74, 6) is 0.328. The second-order valence-electron chi connectivity index (χ2n) is 7.86. The van der Waals surface area contributed by atoms with Crippen molar-refractivity contribution in [2.75, 3.05) is 24.7 Å². The molecule has 0 heterocycles. The van der Waals surface area contributed by atoms with Crippen LogP contribution >= 0.6 is 0 Å². The number of rotatable bonds is 10. The van der Waals surface area contributed by atoms with Gasteiger partial charge in [-0.25, -0.2) is 8.42 Å². The first-order valence-corrected chi connectivity index (χ1v) is 10.8. The van der Waals surface area contributed by atoms with Crippen LogP contribution in [0.5, 0.6) is 0 Å². The maximum absolute atomic E-state index is 12.0. The number of aryl methyl sites for hydroxylation is 1. The Labute approximate surface area is 149 Å². The van der Waals surface area contributed by atoms with Crippen molar-refractivity contribution in [2.24, 2.45) is 0 Å². The number of hydrogen-bond donors (Lipinski definition) is 0. The third-order valence-electron chi connectivity index (χ3n) is 4.51. The van der Waals surface area contributed by atoms with Gasteiger partial charge < -0.3 is 4.90 Å². The van der Waals surface area contributed by atoms with Crippen molar-refractivity contribution in [1.29, 1.82) is 0 Å². The molecule has 0 bridgehead atoms. The standard InChI is InChI=1S/C20H35NO2S/c1-20(2,3)24(22,23)17-11-9-7-6-8-10-12-18-13-15-19(16-14-18)21(4)5/h13-16H,6-12,17H2,1-5H3. The van der Waals surface area contributed by atoms with Gasteiger partial charge in [0.2, 0.25) is 0 Å². The lowest BCUT2D eigenvalue weighted by Crippen LogP contribution is -2.30. The van der Waals surface area contributed by atoms with Crippen molar-refractivity contribution in [1.82, 2.24) is 0 Å². The van der Waals surface area contributed by atoms with Crippen LogP contribution in [0.15, 0.2) is 24.3 Å². The van der Waals surface area contributed by atoms with Gasteiger partial charge in [-0.15, -0.1) is 0 Å². The fourth-order valence-electron chi connectivity index (χ4n) is 2.60. The molecule has 0 saturated carbocycles. The molecule has 0 amide bonds. The zero-order valence-electron chi connectivity index (χ0n) is 16.1. The third-order valence-corrected chi connectivity index (χ3v) is 7.21. The zero-order valence-corrected chi connectivity index (χ0v) is 17.0. The first-order chi connectivity index (χ1) is 11.1. The highest BCUT2D eigenvalue weighted by atomic mass is 32.2. The van der Waals surface area contributed by atoms with E-state index in [0.717, 1.165) is 25.7 Å². The van der Waals surface area contributed by atoms with Crippen LogP contribution in [0.4, 0.5) is 5.69 Å². The molecule has 0 radical (unpaired) electrons. The van der Waals surface area contributed by atoms with Crippen molar-refractivity contribution in [3.63, 3.8) is 0 Å². The molecule has 24 heavy (non-hydrogen) atoms. The number of anilines is 1. The minimum atomic E-state index is -2.94. The van der Waals surface area contributed by atoms with E-state index < -0.39 is 14.6 Å². The molecule has 3 nitrogen and oxygen atoms in total. The Morgan fingerprint density at radius 2 is 1.33 bits per heavy atom. The van der Waals surface area contributed by atoms with Crippen LogP contribution in [0.3, 0.4) is 0 Å². The van der Waals surface area contributed by atoms with E-state index in [4.69, 9.17) is 0 Å². The SMILES string of the molecule is CN(C)c1ccc(CCCCCCCCS(=O)(=O)C(C)(C)C)cc1. The van der Waals surface area contributed by atoms with Gasteiger partial charge in [0.25, 0.3) is 0 Å². The lowest BCUT2D eigenvalue weighted by Gasteiger charge is -2.18.